The third kappa shape index (κ3) is 4.43. The first-order valence-corrected chi connectivity index (χ1v) is 4.84. The maximum atomic E-state index is 11.2. The van der Waals surface area contributed by atoms with E-state index in [1.807, 2.05) is 27.7 Å². The van der Waals surface area contributed by atoms with Crippen LogP contribution in [0.15, 0.2) is 0 Å². The predicted molar refractivity (Wildman–Crippen MR) is 50.5 cm³/mol. The van der Waals surface area contributed by atoms with Gasteiger partial charge in [0, 0.05) is 11.2 Å². The molecular weight excluding hydrogens is 158 g/mol. The highest BCUT2D eigenvalue weighted by molar-refractivity contribution is 8.01. The van der Waals surface area contributed by atoms with Crippen LogP contribution in [-0.4, -0.2) is 16.4 Å². The van der Waals surface area contributed by atoms with Crippen molar-refractivity contribution in [1.82, 2.24) is 0 Å². The zero-order valence-electron chi connectivity index (χ0n) is 7.63. The Kier molecular flexibility index (Phi) is 4.77. The van der Waals surface area contributed by atoms with Crippen molar-refractivity contribution >= 4 is 17.5 Å². The summed E-state index contributed by atoms with van der Waals surface area (Å²) < 4.78 is 0. The number of hydrogen-bond donors (Lipinski definition) is 1. The van der Waals surface area contributed by atoms with Gasteiger partial charge in [-0.15, -0.1) is 11.8 Å². The molecule has 11 heavy (non-hydrogen) atoms. The van der Waals surface area contributed by atoms with Crippen molar-refractivity contribution in [3.8, 4) is 0 Å². The van der Waals surface area contributed by atoms with Crippen LogP contribution < -0.4 is 5.73 Å². The molecule has 0 amide bonds. The molecule has 0 heterocycles. The molecule has 0 fully saturated rings. The smallest absolute Gasteiger partial charge is 0.162 e. The fourth-order valence-electron chi connectivity index (χ4n) is 0.689. The molecule has 2 nitrogen and oxygen atoms in total. The summed E-state index contributed by atoms with van der Waals surface area (Å²) in [6, 6.07) is 0. The Morgan fingerprint density at radius 2 is 1.73 bits per heavy atom. The molecule has 1 atom stereocenters. The second-order valence-electron chi connectivity index (χ2n) is 3.16. The van der Waals surface area contributed by atoms with Crippen molar-refractivity contribution in [2.45, 2.75) is 38.3 Å². The summed E-state index contributed by atoms with van der Waals surface area (Å²) in [5.41, 5.74) is 5.63. The van der Waals surface area contributed by atoms with Gasteiger partial charge in [-0.1, -0.05) is 27.7 Å². The Bertz CT molecular complexity index is 134. The number of carbonyl (C=O) groups is 1. The van der Waals surface area contributed by atoms with Gasteiger partial charge in [0.05, 0.1) is 0 Å². The normalized spacial score (nSPS) is 14.1. The van der Waals surface area contributed by atoms with Gasteiger partial charge in [0.2, 0.25) is 0 Å². The van der Waals surface area contributed by atoms with Crippen LogP contribution in [0.3, 0.4) is 0 Å². The van der Waals surface area contributed by atoms with E-state index in [1.54, 1.807) is 0 Å². The molecule has 0 spiro atoms. The van der Waals surface area contributed by atoms with Crippen molar-refractivity contribution in [3.63, 3.8) is 0 Å². The van der Waals surface area contributed by atoms with Crippen LogP contribution in [0.1, 0.15) is 27.7 Å². The summed E-state index contributed by atoms with van der Waals surface area (Å²) in [5, 5.41) is 0.0858. The molecule has 0 aliphatic rings. The molecule has 3 heteroatoms. The van der Waals surface area contributed by atoms with Crippen LogP contribution in [0.25, 0.3) is 0 Å². The summed E-state index contributed by atoms with van der Waals surface area (Å²) in [7, 11) is 0. The molecule has 0 saturated carbocycles. The van der Waals surface area contributed by atoms with E-state index in [0.717, 1.165) is 0 Å². The third-order valence-corrected chi connectivity index (χ3v) is 2.34. The summed E-state index contributed by atoms with van der Waals surface area (Å²) in [5.74, 6) is 0.194. The van der Waals surface area contributed by atoms with Crippen molar-refractivity contribution in [2.24, 2.45) is 11.7 Å². The standard InChI is InChI=1S/C8H17NOS/c1-5(2)7(10)8(9)11-6(3)4/h5-6,8H,9H2,1-4H3/t8-/m0/s1. The summed E-state index contributed by atoms with van der Waals surface area (Å²) in [6.07, 6.45) is 0. The fourth-order valence-corrected chi connectivity index (χ4v) is 1.68. The Balaban J connectivity index is 3.83. The molecule has 0 bridgehead atoms. The molecule has 0 rings (SSSR count). The lowest BCUT2D eigenvalue weighted by Crippen LogP contribution is -2.31. The van der Waals surface area contributed by atoms with Crippen LogP contribution in [0.5, 0.6) is 0 Å². The van der Waals surface area contributed by atoms with Crippen LogP contribution >= 0.6 is 11.8 Å². The largest absolute Gasteiger partial charge is 0.313 e. The maximum Gasteiger partial charge on any atom is 0.162 e. The summed E-state index contributed by atoms with van der Waals surface area (Å²) in [6.45, 7) is 7.84. The topological polar surface area (TPSA) is 43.1 Å². The van der Waals surface area contributed by atoms with Crippen molar-refractivity contribution in [3.05, 3.63) is 0 Å². The van der Waals surface area contributed by atoms with E-state index in [0.29, 0.717) is 5.25 Å². The average molecular weight is 175 g/mol. The number of carbonyl (C=O) groups excluding carboxylic acids is 1. The van der Waals surface area contributed by atoms with E-state index in [4.69, 9.17) is 5.73 Å². The van der Waals surface area contributed by atoms with Crippen molar-refractivity contribution in [2.75, 3.05) is 0 Å². The maximum absolute atomic E-state index is 11.2. The molecule has 0 aliphatic heterocycles. The lowest BCUT2D eigenvalue weighted by atomic mass is 10.1. The van der Waals surface area contributed by atoms with Gasteiger partial charge in [0.15, 0.2) is 5.78 Å². The molecule has 0 aromatic carbocycles. The van der Waals surface area contributed by atoms with Gasteiger partial charge in [-0.2, -0.15) is 0 Å². The average Bonchev–Trinajstić information content (AvgIpc) is 1.84. The zero-order chi connectivity index (χ0) is 9.02. The second kappa shape index (κ2) is 4.78. The Labute approximate surface area is 72.9 Å². The van der Waals surface area contributed by atoms with Gasteiger partial charge in [-0.05, 0) is 0 Å². The number of thioether (sulfide) groups is 1. The van der Waals surface area contributed by atoms with E-state index in [-0.39, 0.29) is 17.1 Å². The van der Waals surface area contributed by atoms with Gasteiger partial charge >= 0.3 is 0 Å². The summed E-state index contributed by atoms with van der Waals surface area (Å²) >= 11 is 1.52. The number of ketones is 1. The third-order valence-electron chi connectivity index (χ3n) is 1.27. The van der Waals surface area contributed by atoms with E-state index in [1.165, 1.54) is 11.8 Å². The van der Waals surface area contributed by atoms with E-state index >= 15 is 0 Å². The molecule has 0 aliphatic carbocycles. The Morgan fingerprint density at radius 3 is 2.00 bits per heavy atom. The SMILES string of the molecule is CC(C)S[C@H](N)C(=O)C(C)C. The number of nitrogens with two attached hydrogens (primary N) is 1. The second-order valence-corrected chi connectivity index (χ2v) is 4.89. The highest BCUT2D eigenvalue weighted by Crippen LogP contribution is 2.16. The quantitative estimate of drug-likeness (QED) is 0.660. The minimum absolute atomic E-state index is 0.0521. The van der Waals surface area contributed by atoms with E-state index < -0.39 is 0 Å². The van der Waals surface area contributed by atoms with Crippen molar-refractivity contribution < 1.29 is 4.79 Å². The molecule has 2 N–H and O–H groups in total. The molecule has 0 aromatic heterocycles. The van der Waals surface area contributed by atoms with E-state index in [9.17, 15) is 4.79 Å². The predicted octanol–water partition coefficient (Wildman–Crippen LogP) is 1.64. The molecular formula is C8H17NOS. The van der Waals surface area contributed by atoms with Gasteiger partial charge in [0.25, 0.3) is 0 Å². The number of rotatable bonds is 4. The monoisotopic (exact) mass is 175 g/mol. The van der Waals surface area contributed by atoms with Gasteiger partial charge in [-0.25, -0.2) is 0 Å². The van der Waals surface area contributed by atoms with Crippen LogP contribution in [0.2, 0.25) is 0 Å². The van der Waals surface area contributed by atoms with Crippen LogP contribution in [0.4, 0.5) is 0 Å². The molecule has 0 unspecified atom stereocenters. The molecule has 0 aromatic rings. The van der Waals surface area contributed by atoms with Gasteiger partial charge in [-0.3, -0.25) is 4.79 Å². The number of hydrogen-bond acceptors (Lipinski definition) is 3. The first kappa shape index (κ1) is 11.0. The van der Waals surface area contributed by atoms with E-state index in [2.05, 4.69) is 0 Å². The highest BCUT2D eigenvalue weighted by Gasteiger charge is 2.17. The fraction of sp³-hybridized carbons (Fsp3) is 0.875. The minimum atomic E-state index is -0.338. The highest BCUT2D eigenvalue weighted by atomic mass is 32.2. The number of Topliss-reactive ketones (excluding diaryl/α,β-unsaturated/α-hetero) is 1. The Morgan fingerprint density at radius 1 is 1.27 bits per heavy atom. The summed E-state index contributed by atoms with van der Waals surface area (Å²) in [4.78, 5) is 11.2. The van der Waals surface area contributed by atoms with Crippen LogP contribution in [-0.2, 0) is 4.79 Å². The molecule has 0 saturated heterocycles. The Hall–Kier alpha value is -0.0200. The zero-order valence-corrected chi connectivity index (χ0v) is 8.44. The van der Waals surface area contributed by atoms with Crippen LogP contribution in [0, 0.1) is 5.92 Å². The van der Waals surface area contributed by atoms with Gasteiger partial charge in [0.1, 0.15) is 5.37 Å². The lowest BCUT2D eigenvalue weighted by molar-refractivity contribution is -0.121. The van der Waals surface area contributed by atoms with Gasteiger partial charge < -0.3 is 5.73 Å². The first-order valence-electron chi connectivity index (χ1n) is 3.90. The molecule has 0 radical (unpaired) electrons. The first-order chi connectivity index (χ1) is 4.95. The minimum Gasteiger partial charge on any atom is -0.313 e. The van der Waals surface area contributed by atoms with Crippen molar-refractivity contribution in [1.29, 1.82) is 0 Å². The molecule has 66 valence electrons. The lowest BCUT2D eigenvalue weighted by Gasteiger charge is -2.14.